The molecule has 3 aromatic rings. The first-order chi connectivity index (χ1) is 14.1. The molecule has 0 heterocycles. The minimum atomic E-state index is -1.18. The fraction of sp³-hybridized carbons (Fsp3) is 0. The molecule has 0 aliphatic rings. The Morgan fingerprint density at radius 2 is 0.677 bits per heavy atom. The molecule has 0 aliphatic heterocycles. The molecule has 0 atom stereocenters. The molecule has 0 aromatic heterocycles. The molecule has 10 heteroatoms. The smallest absolute Gasteiger partial charge is 0.335 e. The molecule has 0 fully saturated rings. The Balaban J connectivity index is 0.000000429. The van der Waals surface area contributed by atoms with E-state index in [0.29, 0.717) is 0 Å². The van der Waals surface area contributed by atoms with Crippen molar-refractivity contribution in [2.45, 2.75) is 0 Å². The molecule has 3 rings (SSSR count). The molecule has 0 saturated heterocycles. The number of hydrogen-bond acceptors (Lipinski definition) is 6. The Morgan fingerprint density at radius 3 is 0.806 bits per heavy atom. The van der Waals surface area contributed by atoms with Crippen molar-refractivity contribution in [3.8, 4) is 17.2 Å². The van der Waals surface area contributed by atoms with Crippen LogP contribution >= 0.6 is 0 Å². The Labute approximate surface area is 189 Å². The summed E-state index contributed by atoms with van der Waals surface area (Å²) >= 11 is 0. The van der Waals surface area contributed by atoms with Gasteiger partial charge in [0, 0.05) is 19.5 Å². The van der Waals surface area contributed by atoms with Gasteiger partial charge in [0.15, 0.2) is 0 Å². The predicted molar refractivity (Wildman–Crippen MR) is 98.5 cm³/mol. The van der Waals surface area contributed by atoms with Crippen LogP contribution in [-0.2, 0) is 19.5 Å². The summed E-state index contributed by atoms with van der Waals surface area (Å²) in [6.45, 7) is 0. The standard InChI is InChI=1S/3C7H6O3.Zn/c3*8-6-4-2-1-3-5(6)7(9)10;/h3*1-4,8H,(H,9,10);/p-3. The van der Waals surface area contributed by atoms with E-state index in [1.165, 1.54) is 72.8 Å². The van der Waals surface area contributed by atoms with Gasteiger partial charge in [-0.3, -0.25) is 0 Å². The van der Waals surface area contributed by atoms with Crippen molar-refractivity contribution in [1.29, 1.82) is 0 Å². The molecule has 3 N–H and O–H groups in total. The maximum absolute atomic E-state index is 10.7. The van der Waals surface area contributed by atoms with E-state index in [-0.39, 0.29) is 36.2 Å². The molecule has 158 valence electrons. The van der Waals surface area contributed by atoms with Crippen molar-refractivity contribution in [1.82, 2.24) is 0 Å². The second kappa shape index (κ2) is 13.3. The van der Waals surface area contributed by atoms with E-state index >= 15 is 0 Å². The summed E-state index contributed by atoms with van der Waals surface area (Å²) in [7, 11) is 0. The Morgan fingerprint density at radius 1 is 0.484 bits per heavy atom. The number of rotatable bonds is 3. The average Bonchev–Trinajstić information content (AvgIpc) is 2.69. The van der Waals surface area contributed by atoms with Gasteiger partial charge in [-0.05, 0) is 18.2 Å². The molecule has 0 amide bonds. The quantitative estimate of drug-likeness (QED) is 0.470. The van der Waals surface area contributed by atoms with Crippen molar-refractivity contribution in [2.75, 3.05) is 0 Å². The first kappa shape index (κ1) is 27.1. The minimum Gasteiger partial charge on any atom is -0.872 e. The van der Waals surface area contributed by atoms with Gasteiger partial charge in [0.05, 0.1) is 16.7 Å². The van der Waals surface area contributed by atoms with Crippen LogP contribution in [0.3, 0.4) is 0 Å². The first-order valence-corrected chi connectivity index (χ1v) is 8.13. The first-order valence-electron chi connectivity index (χ1n) is 8.13. The zero-order chi connectivity index (χ0) is 22.7. The Kier molecular flexibility index (Phi) is 11.7. The number of carbonyl (C=O) groups is 3. The zero-order valence-electron chi connectivity index (χ0n) is 15.9. The van der Waals surface area contributed by atoms with E-state index in [9.17, 15) is 29.7 Å². The van der Waals surface area contributed by atoms with Crippen LogP contribution in [0.15, 0.2) is 72.8 Å². The summed E-state index contributed by atoms with van der Waals surface area (Å²) in [5.41, 5.74) is -0.535. The third-order valence-electron chi connectivity index (χ3n) is 3.35. The van der Waals surface area contributed by atoms with Gasteiger partial charge in [-0.1, -0.05) is 71.8 Å². The molecule has 0 bridgehead atoms. The maximum atomic E-state index is 10.7. The van der Waals surface area contributed by atoms with Crippen molar-refractivity contribution < 1.29 is 64.5 Å². The van der Waals surface area contributed by atoms with E-state index in [0.717, 1.165) is 0 Å². The van der Waals surface area contributed by atoms with Crippen LogP contribution in [0.5, 0.6) is 17.2 Å². The van der Waals surface area contributed by atoms with Crippen LogP contribution in [0, 0.1) is 0 Å². The van der Waals surface area contributed by atoms with E-state index in [1.54, 1.807) is 0 Å². The summed E-state index contributed by atoms with van der Waals surface area (Å²) in [6.07, 6.45) is 0. The minimum absolute atomic E-state index is 0. The molecule has 3 aromatic carbocycles. The second-order valence-electron chi connectivity index (χ2n) is 5.40. The SMILES string of the molecule is O=C(O)c1ccccc1[O-].O=C(O)c1ccccc1[O-].O=C(O)c1ccccc1[O-].[Zn]. The maximum Gasteiger partial charge on any atom is 0.335 e. The molecule has 31 heavy (non-hydrogen) atoms. The zero-order valence-corrected chi connectivity index (χ0v) is 18.9. The van der Waals surface area contributed by atoms with Crippen LogP contribution in [0.4, 0.5) is 0 Å². The Bertz CT molecular complexity index is 903. The molecule has 0 spiro atoms. The number of carboxylic acid groups (broad SMARTS) is 3. The Hall–Kier alpha value is -3.91. The second-order valence-corrected chi connectivity index (χ2v) is 5.40. The van der Waals surface area contributed by atoms with Crippen LogP contribution in [-0.4, -0.2) is 33.2 Å². The monoisotopic (exact) mass is 475 g/mol. The third-order valence-corrected chi connectivity index (χ3v) is 3.35. The predicted octanol–water partition coefficient (Wildman–Crippen LogP) is 1.37. The number of para-hydroxylation sites is 3. The van der Waals surface area contributed by atoms with Gasteiger partial charge < -0.3 is 30.6 Å². The largest absolute Gasteiger partial charge is 0.872 e. The fourth-order valence-electron chi connectivity index (χ4n) is 1.93. The average molecular weight is 477 g/mol. The number of hydrogen-bond donors (Lipinski definition) is 3. The van der Waals surface area contributed by atoms with Gasteiger partial charge in [-0.2, -0.15) is 0 Å². The van der Waals surface area contributed by atoms with Crippen molar-refractivity contribution in [3.63, 3.8) is 0 Å². The van der Waals surface area contributed by atoms with E-state index < -0.39 is 35.2 Å². The van der Waals surface area contributed by atoms with Gasteiger partial charge in [0.25, 0.3) is 0 Å². The third kappa shape index (κ3) is 8.97. The molecule has 9 nitrogen and oxygen atoms in total. The summed E-state index contributed by atoms with van der Waals surface area (Å²) in [6, 6.07) is 16.6. The molecule has 0 unspecified atom stereocenters. The normalized spacial score (nSPS) is 8.90. The molecule has 0 aliphatic carbocycles. The van der Waals surface area contributed by atoms with Crippen LogP contribution < -0.4 is 15.3 Å². The number of aromatic carboxylic acids is 3. The van der Waals surface area contributed by atoms with Crippen LogP contribution in [0.1, 0.15) is 31.1 Å². The molecule has 0 radical (unpaired) electrons. The molecular formula is C21H15O9Zn-3. The van der Waals surface area contributed by atoms with E-state index in [2.05, 4.69) is 0 Å². The van der Waals surface area contributed by atoms with Crippen molar-refractivity contribution in [2.24, 2.45) is 0 Å². The van der Waals surface area contributed by atoms with Crippen LogP contribution in [0.2, 0.25) is 0 Å². The molecular weight excluding hydrogens is 462 g/mol. The molecule has 0 saturated carbocycles. The van der Waals surface area contributed by atoms with Gasteiger partial charge >= 0.3 is 17.9 Å². The van der Waals surface area contributed by atoms with Gasteiger partial charge in [-0.25, -0.2) is 14.4 Å². The number of carboxylic acids is 3. The van der Waals surface area contributed by atoms with E-state index in [4.69, 9.17) is 15.3 Å². The van der Waals surface area contributed by atoms with Gasteiger partial charge in [0.2, 0.25) is 0 Å². The van der Waals surface area contributed by atoms with E-state index in [1.807, 2.05) is 0 Å². The summed E-state index contributed by atoms with van der Waals surface area (Å²) in [5, 5.41) is 57.1. The van der Waals surface area contributed by atoms with Crippen LogP contribution in [0.25, 0.3) is 0 Å². The van der Waals surface area contributed by atoms with Gasteiger partial charge in [-0.15, -0.1) is 0 Å². The summed E-state index contributed by atoms with van der Waals surface area (Å²) in [5.74, 6) is -4.87. The van der Waals surface area contributed by atoms with Gasteiger partial charge in [0.1, 0.15) is 0 Å². The number of benzene rings is 3. The fourth-order valence-corrected chi connectivity index (χ4v) is 1.93. The topological polar surface area (TPSA) is 181 Å². The van der Waals surface area contributed by atoms with Crippen molar-refractivity contribution in [3.05, 3.63) is 89.5 Å². The van der Waals surface area contributed by atoms with Crippen molar-refractivity contribution >= 4 is 17.9 Å². The summed E-state index contributed by atoms with van der Waals surface area (Å²) < 4.78 is 0. The summed E-state index contributed by atoms with van der Waals surface area (Å²) in [4.78, 5) is 30.7.